The summed E-state index contributed by atoms with van der Waals surface area (Å²) in [5, 5.41) is 2.92. The van der Waals surface area contributed by atoms with Crippen molar-refractivity contribution in [1.29, 1.82) is 0 Å². The Morgan fingerprint density at radius 1 is 1.08 bits per heavy atom. The predicted molar refractivity (Wildman–Crippen MR) is 99.3 cm³/mol. The smallest absolute Gasteiger partial charge is 0.255 e. The highest BCUT2D eigenvalue weighted by atomic mass is 32.2. The summed E-state index contributed by atoms with van der Waals surface area (Å²) in [6.45, 7) is 4.76. The number of sulfonamides is 1. The van der Waals surface area contributed by atoms with Crippen molar-refractivity contribution in [3.8, 4) is 0 Å². The molecule has 0 radical (unpaired) electrons. The minimum absolute atomic E-state index is 0.159. The van der Waals surface area contributed by atoms with Crippen molar-refractivity contribution in [2.45, 2.75) is 26.8 Å². The molecule has 1 amide bonds. The lowest BCUT2D eigenvalue weighted by Gasteiger charge is -2.27. The van der Waals surface area contributed by atoms with Gasteiger partial charge in [0.25, 0.3) is 5.91 Å². The zero-order valence-electron chi connectivity index (χ0n) is 14.7. The number of carbonyl (C=O) groups excluding carboxylic acids is 1. The first kappa shape index (κ1) is 17.6. The summed E-state index contributed by atoms with van der Waals surface area (Å²) in [7, 11) is -3.21. The van der Waals surface area contributed by atoms with Gasteiger partial charge in [-0.15, -0.1) is 0 Å². The Labute approximate surface area is 148 Å². The molecule has 5 nitrogen and oxygen atoms in total. The van der Waals surface area contributed by atoms with Crippen LogP contribution in [0.4, 0.5) is 5.69 Å². The molecule has 0 unspecified atom stereocenters. The molecule has 132 valence electrons. The van der Waals surface area contributed by atoms with Crippen molar-refractivity contribution in [2.24, 2.45) is 0 Å². The van der Waals surface area contributed by atoms with Gasteiger partial charge in [-0.05, 0) is 55.2 Å². The number of nitrogens with zero attached hydrogens (tertiary/aromatic N) is 1. The van der Waals surface area contributed by atoms with Crippen molar-refractivity contribution in [2.75, 3.05) is 18.1 Å². The Morgan fingerprint density at radius 3 is 2.52 bits per heavy atom. The normalized spacial score (nSPS) is 14.8. The topological polar surface area (TPSA) is 66.5 Å². The third-order valence-corrected chi connectivity index (χ3v) is 5.79. The first-order valence-electron chi connectivity index (χ1n) is 8.19. The standard InChI is InChI=1S/C19H22N2O3S/c1-13-4-7-18(14(2)10-13)19(22)20-17-6-5-15-8-9-21(25(3,23)24)12-16(15)11-17/h4-7,10-11H,8-9,12H2,1-3H3,(H,20,22). The van der Waals surface area contributed by atoms with Gasteiger partial charge < -0.3 is 5.32 Å². The number of nitrogens with one attached hydrogen (secondary N) is 1. The average molecular weight is 358 g/mol. The molecule has 0 fully saturated rings. The second kappa shape index (κ2) is 6.61. The Morgan fingerprint density at radius 2 is 1.84 bits per heavy atom. The predicted octanol–water partition coefficient (Wildman–Crippen LogP) is 2.87. The maximum atomic E-state index is 12.5. The molecule has 0 atom stereocenters. The van der Waals surface area contributed by atoms with Crippen LogP contribution in [-0.2, 0) is 23.0 Å². The Kier molecular flexibility index (Phi) is 4.67. The van der Waals surface area contributed by atoms with Crippen LogP contribution in [0.1, 0.15) is 32.6 Å². The van der Waals surface area contributed by atoms with Crippen molar-refractivity contribution >= 4 is 21.6 Å². The number of fused-ring (bicyclic) bond motifs is 1. The molecule has 1 aliphatic rings. The highest BCUT2D eigenvalue weighted by Gasteiger charge is 2.23. The number of rotatable bonds is 3. The second-order valence-corrected chi connectivity index (χ2v) is 8.58. The van der Waals surface area contributed by atoms with Gasteiger partial charge in [0, 0.05) is 24.3 Å². The zero-order chi connectivity index (χ0) is 18.2. The van der Waals surface area contributed by atoms with Crippen molar-refractivity contribution in [3.63, 3.8) is 0 Å². The van der Waals surface area contributed by atoms with Gasteiger partial charge in [0.05, 0.1) is 6.26 Å². The van der Waals surface area contributed by atoms with E-state index >= 15 is 0 Å². The number of hydrogen-bond acceptors (Lipinski definition) is 3. The number of carbonyl (C=O) groups is 1. The van der Waals surface area contributed by atoms with Crippen LogP contribution in [0.5, 0.6) is 0 Å². The number of hydrogen-bond donors (Lipinski definition) is 1. The molecule has 0 saturated carbocycles. The van der Waals surface area contributed by atoms with Gasteiger partial charge in [-0.1, -0.05) is 23.8 Å². The van der Waals surface area contributed by atoms with E-state index in [2.05, 4.69) is 5.32 Å². The molecule has 1 N–H and O–H groups in total. The number of anilines is 1. The molecular formula is C19H22N2O3S. The Hall–Kier alpha value is -2.18. The first-order valence-corrected chi connectivity index (χ1v) is 10.0. The van der Waals surface area contributed by atoms with Crippen LogP contribution in [0.3, 0.4) is 0 Å². The fourth-order valence-electron chi connectivity index (χ4n) is 3.16. The van der Waals surface area contributed by atoms with Crippen molar-refractivity contribution in [3.05, 3.63) is 64.2 Å². The van der Waals surface area contributed by atoms with E-state index in [1.54, 1.807) is 0 Å². The fraction of sp³-hybridized carbons (Fsp3) is 0.316. The second-order valence-electron chi connectivity index (χ2n) is 6.60. The minimum Gasteiger partial charge on any atom is -0.322 e. The lowest BCUT2D eigenvalue weighted by Crippen LogP contribution is -2.35. The molecule has 0 aromatic heterocycles. The summed E-state index contributed by atoms with van der Waals surface area (Å²) < 4.78 is 25.0. The first-order chi connectivity index (χ1) is 11.7. The van der Waals surface area contributed by atoms with E-state index in [-0.39, 0.29) is 5.91 Å². The molecule has 25 heavy (non-hydrogen) atoms. The number of amides is 1. The van der Waals surface area contributed by atoms with Gasteiger partial charge in [0.15, 0.2) is 0 Å². The van der Waals surface area contributed by atoms with E-state index in [4.69, 9.17) is 0 Å². The molecule has 2 aromatic carbocycles. The van der Waals surface area contributed by atoms with Gasteiger partial charge in [0.2, 0.25) is 10.0 Å². The van der Waals surface area contributed by atoms with Crippen LogP contribution in [0, 0.1) is 13.8 Å². The highest BCUT2D eigenvalue weighted by molar-refractivity contribution is 7.88. The monoisotopic (exact) mass is 358 g/mol. The number of benzene rings is 2. The molecule has 0 bridgehead atoms. The molecular weight excluding hydrogens is 336 g/mol. The van der Waals surface area contributed by atoms with E-state index in [0.29, 0.717) is 30.8 Å². The lowest BCUT2D eigenvalue weighted by atomic mass is 10.00. The Balaban J connectivity index is 1.82. The molecule has 3 rings (SSSR count). The van der Waals surface area contributed by atoms with E-state index in [1.807, 2.05) is 50.2 Å². The maximum Gasteiger partial charge on any atom is 0.255 e. The van der Waals surface area contributed by atoms with E-state index < -0.39 is 10.0 Å². The fourth-order valence-corrected chi connectivity index (χ4v) is 3.96. The van der Waals surface area contributed by atoms with Gasteiger partial charge in [-0.25, -0.2) is 8.42 Å². The Bertz CT molecular complexity index is 936. The van der Waals surface area contributed by atoms with Crippen molar-refractivity contribution in [1.82, 2.24) is 4.31 Å². The van der Waals surface area contributed by atoms with E-state index in [0.717, 1.165) is 22.3 Å². The molecule has 1 aliphatic heterocycles. The summed E-state index contributed by atoms with van der Waals surface area (Å²) in [5.41, 5.74) is 5.43. The molecule has 2 aromatic rings. The molecule has 0 saturated heterocycles. The summed E-state index contributed by atoms with van der Waals surface area (Å²) in [5.74, 6) is -0.159. The summed E-state index contributed by atoms with van der Waals surface area (Å²) in [4.78, 5) is 12.5. The molecule has 6 heteroatoms. The van der Waals surface area contributed by atoms with Crippen molar-refractivity contribution < 1.29 is 13.2 Å². The summed E-state index contributed by atoms with van der Waals surface area (Å²) in [6.07, 6.45) is 1.91. The molecule has 1 heterocycles. The highest BCUT2D eigenvalue weighted by Crippen LogP contribution is 2.24. The van der Waals surface area contributed by atoms with Crippen LogP contribution < -0.4 is 5.32 Å². The average Bonchev–Trinajstić information content (AvgIpc) is 2.53. The SMILES string of the molecule is Cc1ccc(C(=O)Nc2ccc3c(c2)CN(S(C)(=O)=O)CC3)c(C)c1. The molecule has 0 spiro atoms. The lowest BCUT2D eigenvalue weighted by molar-refractivity contribution is 0.102. The quantitative estimate of drug-likeness (QED) is 0.917. The molecule has 0 aliphatic carbocycles. The maximum absolute atomic E-state index is 12.5. The summed E-state index contributed by atoms with van der Waals surface area (Å²) >= 11 is 0. The third kappa shape index (κ3) is 3.91. The number of aryl methyl sites for hydroxylation is 2. The summed E-state index contributed by atoms with van der Waals surface area (Å²) in [6, 6.07) is 11.4. The largest absolute Gasteiger partial charge is 0.322 e. The zero-order valence-corrected chi connectivity index (χ0v) is 15.5. The van der Waals surface area contributed by atoms with Crippen LogP contribution in [0.25, 0.3) is 0 Å². The minimum atomic E-state index is -3.21. The third-order valence-electron chi connectivity index (χ3n) is 4.54. The van der Waals surface area contributed by atoms with Gasteiger partial charge in [0.1, 0.15) is 0 Å². The van der Waals surface area contributed by atoms with E-state index in [1.165, 1.54) is 10.6 Å². The van der Waals surface area contributed by atoms with Crippen LogP contribution in [0.15, 0.2) is 36.4 Å². The van der Waals surface area contributed by atoms with Crippen LogP contribution >= 0.6 is 0 Å². The van der Waals surface area contributed by atoms with Gasteiger partial charge >= 0.3 is 0 Å². The van der Waals surface area contributed by atoms with Gasteiger partial charge in [-0.2, -0.15) is 4.31 Å². The van der Waals surface area contributed by atoms with Crippen LogP contribution in [-0.4, -0.2) is 31.4 Å². The van der Waals surface area contributed by atoms with Gasteiger partial charge in [-0.3, -0.25) is 4.79 Å². The van der Waals surface area contributed by atoms with Crippen LogP contribution in [0.2, 0.25) is 0 Å². The van der Waals surface area contributed by atoms with E-state index in [9.17, 15) is 13.2 Å².